The van der Waals surface area contributed by atoms with Gasteiger partial charge in [0.2, 0.25) is 0 Å². The van der Waals surface area contributed by atoms with Crippen LogP contribution in [0.1, 0.15) is 156 Å². The van der Waals surface area contributed by atoms with Crippen molar-refractivity contribution in [1.29, 1.82) is 0 Å². The van der Waals surface area contributed by atoms with Gasteiger partial charge in [-0.1, -0.05) is 123 Å². The predicted octanol–water partition coefficient (Wildman–Crippen LogP) is 10.1. The molecule has 0 bridgehead atoms. The van der Waals surface area contributed by atoms with Crippen LogP contribution in [0, 0.1) is 11.8 Å². The number of carbonyl (C=O) groups is 1. The smallest absolute Gasteiger partial charge is 0.307 e. The number of hydrogen-bond donors (Lipinski definition) is 1. The van der Waals surface area contributed by atoms with Gasteiger partial charge in [0, 0.05) is 0 Å². The first-order valence-electron chi connectivity index (χ1n) is 13.9. The number of allylic oxidation sites excluding steroid dienone is 2. The van der Waals surface area contributed by atoms with E-state index in [-0.39, 0.29) is 5.92 Å². The van der Waals surface area contributed by atoms with Crippen molar-refractivity contribution in [2.75, 3.05) is 0 Å². The maximum absolute atomic E-state index is 11.8. The average Bonchev–Trinajstić information content (AvgIpc) is 2.76. The first-order valence-corrected chi connectivity index (χ1v) is 13.9. The molecule has 0 aliphatic rings. The van der Waals surface area contributed by atoms with Gasteiger partial charge in [-0.05, 0) is 50.9 Å². The molecule has 0 aromatic carbocycles. The number of unbranched alkanes of at least 4 members (excludes halogenated alkanes) is 14. The maximum Gasteiger partial charge on any atom is 0.307 e. The third-order valence-corrected chi connectivity index (χ3v) is 6.50. The highest BCUT2D eigenvalue weighted by Gasteiger charge is 2.27. The van der Waals surface area contributed by atoms with Crippen molar-refractivity contribution >= 4 is 5.97 Å². The summed E-state index contributed by atoms with van der Waals surface area (Å²) in [5.74, 6) is 0.522. The van der Waals surface area contributed by atoms with Crippen LogP contribution < -0.4 is 0 Å². The minimum Gasteiger partial charge on any atom is -0.481 e. The molecule has 1 N–H and O–H groups in total. The highest BCUT2D eigenvalue weighted by Crippen LogP contribution is 2.31. The van der Waals surface area contributed by atoms with Gasteiger partial charge in [0.05, 0.1) is 5.92 Å². The van der Waals surface area contributed by atoms with Gasteiger partial charge >= 0.3 is 5.97 Å². The van der Waals surface area contributed by atoms with Crippen molar-refractivity contribution in [3.63, 3.8) is 0 Å². The second kappa shape index (κ2) is 23.9. The average molecular weight is 436 g/mol. The number of carboxylic acid groups (broad SMARTS) is 1. The summed E-state index contributed by atoms with van der Waals surface area (Å²) in [6.45, 7) is 6.66. The lowest BCUT2D eigenvalue weighted by molar-refractivity contribution is -0.141. The zero-order valence-electron chi connectivity index (χ0n) is 21.4. The molecule has 0 aliphatic carbocycles. The lowest BCUT2D eigenvalue weighted by atomic mass is 9.81. The first kappa shape index (κ1) is 30.2. The Morgan fingerprint density at radius 2 is 1.03 bits per heavy atom. The molecule has 0 saturated heterocycles. The van der Waals surface area contributed by atoms with E-state index < -0.39 is 5.97 Å². The van der Waals surface area contributed by atoms with Gasteiger partial charge in [-0.3, -0.25) is 4.79 Å². The molecule has 2 nitrogen and oxygen atoms in total. The Kier molecular flexibility index (Phi) is 23.3. The highest BCUT2D eigenvalue weighted by atomic mass is 16.4. The van der Waals surface area contributed by atoms with Crippen molar-refractivity contribution in [1.82, 2.24) is 0 Å². The van der Waals surface area contributed by atoms with Crippen LogP contribution in [0.2, 0.25) is 0 Å². The van der Waals surface area contributed by atoms with Crippen molar-refractivity contribution in [3.05, 3.63) is 18.1 Å². The summed E-state index contributed by atoms with van der Waals surface area (Å²) in [5.41, 5.74) is 0. The van der Waals surface area contributed by atoms with Gasteiger partial charge in [-0.25, -0.2) is 0 Å². The molecule has 0 spiro atoms. The molecule has 1 unspecified atom stereocenters. The largest absolute Gasteiger partial charge is 0.481 e. The van der Waals surface area contributed by atoms with Crippen LogP contribution in [0.25, 0.3) is 0 Å². The monoisotopic (exact) mass is 435 g/mol. The van der Waals surface area contributed by atoms with Crippen LogP contribution in [0.15, 0.2) is 12.2 Å². The summed E-state index contributed by atoms with van der Waals surface area (Å²) in [6, 6.07) is 0. The molecule has 0 saturated carbocycles. The van der Waals surface area contributed by atoms with Gasteiger partial charge < -0.3 is 5.11 Å². The van der Waals surface area contributed by atoms with Crippen LogP contribution in [0.3, 0.4) is 0 Å². The Morgan fingerprint density at radius 1 is 0.613 bits per heavy atom. The van der Waals surface area contributed by atoms with E-state index in [0.29, 0.717) is 0 Å². The quantitative estimate of drug-likeness (QED) is 0.121. The van der Waals surface area contributed by atoms with E-state index in [1.165, 1.54) is 89.4 Å². The fourth-order valence-electron chi connectivity index (χ4n) is 4.38. The molecular formula is C29H55O2. The fourth-order valence-corrected chi connectivity index (χ4v) is 4.38. The summed E-state index contributed by atoms with van der Waals surface area (Å²) in [4.78, 5) is 11.8. The predicted molar refractivity (Wildman–Crippen MR) is 137 cm³/mol. The Bertz CT molecular complexity index is 394. The zero-order chi connectivity index (χ0) is 23.0. The molecule has 0 rings (SSSR count). The fraction of sp³-hybridized carbons (Fsp3) is 0.862. The Labute approximate surface area is 195 Å². The number of carboxylic acids is 1. The molecule has 31 heavy (non-hydrogen) atoms. The minimum atomic E-state index is -0.588. The number of rotatable bonds is 24. The van der Waals surface area contributed by atoms with E-state index in [1.54, 1.807) is 0 Å². The lowest BCUT2D eigenvalue weighted by Gasteiger charge is -2.23. The summed E-state index contributed by atoms with van der Waals surface area (Å²) < 4.78 is 0. The summed E-state index contributed by atoms with van der Waals surface area (Å²) >= 11 is 0. The number of hydrogen-bond acceptors (Lipinski definition) is 1. The Hall–Kier alpha value is -0.790. The zero-order valence-corrected chi connectivity index (χ0v) is 21.4. The van der Waals surface area contributed by atoms with Crippen molar-refractivity contribution in [2.45, 2.75) is 156 Å². The van der Waals surface area contributed by atoms with Gasteiger partial charge in [0.1, 0.15) is 0 Å². The summed E-state index contributed by atoms with van der Waals surface area (Å²) in [5, 5.41) is 9.74. The van der Waals surface area contributed by atoms with Crippen LogP contribution >= 0.6 is 0 Å². The first-order chi connectivity index (χ1) is 15.2. The van der Waals surface area contributed by atoms with Gasteiger partial charge in [-0.2, -0.15) is 0 Å². The normalized spacial score (nSPS) is 12.8. The van der Waals surface area contributed by atoms with E-state index >= 15 is 0 Å². The molecule has 0 heterocycles. The lowest BCUT2D eigenvalue weighted by Crippen LogP contribution is -2.22. The molecular weight excluding hydrogens is 380 g/mol. The third-order valence-electron chi connectivity index (χ3n) is 6.50. The van der Waals surface area contributed by atoms with E-state index in [1.807, 2.05) is 0 Å². The van der Waals surface area contributed by atoms with Crippen molar-refractivity contribution in [2.24, 2.45) is 5.92 Å². The molecule has 0 aliphatic heterocycles. The molecule has 1 atom stereocenters. The van der Waals surface area contributed by atoms with Crippen molar-refractivity contribution in [3.8, 4) is 0 Å². The maximum atomic E-state index is 11.8. The third kappa shape index (κ3) is 19.6. The molecule has 0 fully saturated rings. The van der Waals surface area contributed by atoms with E-state index in [0.717, 1.165) is 51.4 Å². The molecule has 183 valence electrons. The van der Waals surface area contributed by atoms with Gasteiger partial charge in [0.15, 0.2) is 0 Å². The standard InChI is InChI=1S/C29H55O2/c1-4-7-10-11-12-13-14-15-16-17-18-19-20-21-22-23-26-28(29(30)31)27(24-8-5-2)25-9-6-3/h15-16,28H,4-14,17-26H2,1-3H3,(H,30,31)/b16-15-. The molecule has 2 heteroatoms. The van der Waals surface area contributed by atoms with Gasteiger partial charge in [0.25, 0.3) is 0 Å². The molecule has 0 amide bonds. The van der Waals surface area contributed by atoms with E-state index in [4.69, 9.17) is 0 Å². The van der Waals surface area contributed by atoms with E-state index in [2.05, 4.69) is 32.9 Å². The van der Waals surface area contributed by atoms with Crippen LogP contribution in [-0.4, -0.2) is 11.1 Å². The topological polar surface area (TPSA) is 37.3 Å². The van der Waals surface area contributed by atoms with Crippen LogP contribution in [0.4, 0.5) is 0 Å². The molecule has 1 radical (unpaired) electrons. The van der Waals surface area contributed by atoms with Gasteiger partial charge in [-0.15, -0.1) is 0 Å². The minimum absolute atomic E-state index is 0.199. The molecule has 0 aromatic heterocycles. The SMILES string of the molecule is CCCCCCCC/C=C\CCCCCCCCC([C](CCCC)CCCC)C(=O)O. The summed E-state index contributed by atoms with van der Waals surface area (Å²) in [6.07, 6.45) is 30.4. The van der Waals surface area contributed by atoms with Crippen LogP contribution in [0.5, 0.6) is 0 Å². The molecule has 0 aromatic rings. The Balaban J connectivity index is 3.74. The van der Waals surface area contributed by atoms with E-state index in [9.17, 15) is 9.90 Å². The Morgan fingerprint density at radius 3 is 1.48 bits per heavy atom. The number of aliphatic carboxylic acids is 1. The van der Waals surface area contributed by atoms with Crippen LogP contribution in [-0.2, 0) is 4.79 Å². The second-order valence-electron chi connectivity index (χ2n) is 9.48. The van der Waals surface area contributed by atoms with Crippen molar-refractivity contribution < 1.29 is 9.90 Å². The highest BCUT2D eigenvalue weighted by molar-refractivity contribution is 5.72. The summed E-state index contributed by atoms with van der Waals surface area (Å²) in [7, 11) is 0. The second-order valence-corrected chi connectivity index (χ2v) is 9.48.